The van der Waals surface area contributed by atoms with Crippen LogP contribution in [0.4, 0.5) is 22.7 Å². The molecular weight excluding hydrogens is 848 g/mol. The van der Waals surface area contributed by atoms with Crippen molar-refractivity contribution in [2.24, 2.45) is 0 Å². The molecule has 4 aromatic rings. The fraction of sp³-hybridized carbons (Fsp3) is 0.263. The molecule has 0 aliphatic carbocycles. The molecule has 4 rings (SSSR count). The summed E-state index contributed by atoms with van der Waals surface area (Å²) >= 11 is 14.2. The zero-order chi connectivity index (χ0) is 35.5. The number of aliphatic hydroxyl groups excluding tert-OH is 1. The second kappa shape index (κ2) is 22.9. The van der Waals surface area contributed by atoms with Gasteiger partial charge in [0, 0.05) is 103 Å². The Hall–Kier alpha value is -2.56. The predicted molar refractivity (Wildman–Crippen MR) is 223 cm³/mol. The fourth-order valence-corrected chi connectivity index (χ4v) is 5.93. The molecule has 1 N–H and O–H groups in total. The van der Waals surface area contributed by atoms with Gasteiger partial charge in [0.1, 0.15) is 0 Å². The van der Waals surface area contributed by atoms with Gasteiger partial charge < -0.3 is 24.7 Å². The molecule has 0 unspecified atom stereocenters. The molecule has 0 atom stereocenters. The standard InChI is InChI=1S/C19H22Br2N2.C10H12BrN.C8H10BrN.CH4O/c1-5-10-23(4)17-9-7-15(19(21)13-17)11-14-6-8-16(22(2)3)12-18(14)20;1-3-7-12(2)10-6-4-5-9(11)8-10;1-10(2)8-5-3-4-7(9)6-8;1-2/h5-9,12-13H,1,10-11H2,2-4H3;3-6,8H,1,7H2,2H3;3-6H,1-2H3;2H,1H3. The number of hydrogen-bond donors (Lipinski definition) is 1. The highest BCUT2D eigenvalue weighted by atomic mass is 79.9. The summed E-state index contributed by atoms with van der Waals surface area (Å²) in [5.74, 6) is 0. The second-order valence-electron chi connectivity index (χ2n) is 10.8. The number of hydrogen-bond acceptors (Lipinski definition) is 5. The van der Waals surface area contributed by atoms with E-state index in [1.54, 1.807) is 0 Å². The van der Waals surface area contributed by atoms with Gasteiger partial charge >= 0.3 is 0 Å². The lowest BCUT2D eigenvalue weighted by Gasteiger charge is -2.19. The smallest absolute Gasteiger partial charge is 0.0377 e. The van der Waals surface area contributed by atoms with Crippen LogP contribution >= 0.6 is 63.7 Å². The fourth-order valence-electron chi connectivity index (χ4n) is 4.15. The Kier molecular flexibility index (Phi) is 20.7. The Balaban J connectivity index is 0.000000384. The van der Waals surface area contributed by atoms with Crippen molar-refractivity contribution in [1.29, 1.82) is 0 Å². The molecule has 0 saturated heterocycles. The maximum Gasteiger partial charge on any atom is 0.0377 e. The van der Waals surface area contributed by atoms with E-state index in [2.05, 4.69) is 178 Å². The van der Waals surface area contributed by atoms with E-state index in [0.29, 0.717) is 0 Å². The Morgan fingerprint density at radius 1 is 0.532 bits per heavy atom. The number of nitrogens with zero attached hydrogens (tertiary/aromatic N) is 4. The van der Waals surface area contributed by atoms with Crippen molar-refractivity contribution in [3.05, 3.63) is 139 Å². The van der Waals surface area contributed by atoms with Gasteiger partial charge in [0.15, 0.2) is 0 Å². The van der Waals surface area contributed by atoms with Crippen LogP contribution < -0.4 is 19.6 Å². The first-order valence-corrected chi connectivity index (χ1v) is 18.0. The van der Waals surface area contributed by atoms with Crippen LogP contribution in [-0.2, 0) is 6.42 Å². The minimum Gasteiger partial charge on any atom is -0.400 e. The summed E-state index contributed by atoms with van der Waals surface area (Å²) in [6.45, 7) is 9.19. The summed E-state index contributed by atoms with van der Waals surface area (Å²) in [5.41, 5.74) is 7.35. The number of likely N-dealkylation sites (N-methyl/N-ethyl adjacent to an activating group) is 2. The van der Waals surface area contributed by atoms with E-state index in [-0.39, 0.29) is 0 Å². The average molecular weight is 896 g/mol. The largest absolute Gasteiger partial charge is 0.400 e. The van der Waals surface area contributed by atoms with Gasteiger partial charge in [-0.2, -0.15) is 0 Å². The third-order valence-electron chi connectivity index (χ3n) is 6.79. The zero-order valence-electron chi connectivity index (χ0n) is 28.5. The Morgan fingerprint density at radius 2 is 0.894 bits per heavy atom. The topological polar surface area (TPSA) is 33.2 Å². The van der Waals surface area contributed by atoms with Gasteiger partial charge in [-0.15, -0.1) is 13.2 Å². The van der Waals surface area contributed by atoms with Crippen LogP contribution in [0.5, 0.6) is 0 Å². The van der Waals surface area contributed by atoms with Crippen molar-refractivity contribution in [3.63, 3.8) is 0 Å². The summed E-state index contributed by atoms with van der Waals surface area (Å²) in [6.07, 6.45) is 4.69. The maximum atomic E-state index is 7.00. The lowest BCUT2D eigenvalue weighted by molar-refractivity contribution is 0.399. The average Bonchev–Trinajstić information content (AvgIpc) is 3.04. The first-order valence-electron chi connectivity index (χ1n) is 14.9. The van der Waals surface area contributed by atoms with Crippen LogP contribution in [0.15, 0.2) is 128 Å². The maximum absolute atomic E-state index is 7.00. The van der Waals surface area contributed by atoms with Crippen LogP contribution in [0, 0.1) is 0 Å². The first-order chi connectivity index (χ1) is 22.4. The monoisotopic (exact) mass is 892 g/mol. The van der Waals surface area contributed by atoms with Gasteiger partial charge in [0.25, 0.3) is 0 Å². The number of benzene rings is 4. The highest BCUT2D eigenvalue weighted by molar-refractivity contribution is 9.11. The summed E-state index contributed by atoms with van der Waals surface area (Å²) in [5, 5.41) is 7.00. The van der Waals surface area contributed by atoms with Crippen molar-refractivity contribution in [2.45, 2.75) is 6.42 Å². The molecule has 9 heteroatoms. The van der Waals surface area contributed by atoms with Crippen molar-refractivity contribution >= 4 is 86.5 Å². The molecule has 0 heterocycles. The molecular formula is C38H48Br4N4O. The second-order valence-corrected chi connectivity index (χ2v) is 14.4. The molecule has 254 valence electrons. The Bertz CT molecular complexity index is 1530. The summed E-state index contributed by atoms with van der Waals surface area (Å²) in [4.78, 5) is 8.49. The zero-order valence-corrected chi connectivity index (χ0v) is 34.9. The molecule has 47 heavy (non-hydrogen) atoms. The molecule has 0 aliphatic heterocycles. The van der Waals surface area contributed by atoms with E-state index in [4.69, 9.17) is 5.11 Å². The first kappa shape index (κ1) is 42.5. The van der Waals surface area contributed by atoms with E-state index in [9.17, 15) is 0 Å². The van der Waals surface area contributed by atoms with E-state index in [1.807, 2.05) is 57.6 Å². The van der Waals surface area contributed by atoms with Crippen molar-refractivity contribution in [2.75, 3.05) is 82.1 Å². The molecule has 0 amide bonds. The lowest BCUT2D eigenvalue weighted by atomic mass is 10.0. The van der Waals surface area contributed by atoms with Gasteiger partial charge in [-0.05, 0) is 78.2 Å². The SMILES string of the molecule is C=CCN(C)c1ccc(Cc2ccc(N(C)C)cc2Br)c(Br)c1.C=CCN(C)c1cccc(Br)c1.CN(C)c1cccc(Br)c1.CO. The van der Waals surface area contributed by atoms with Crippen molar-refractivity contribution in [1.82, 2.24) is 0 Å². The highest BCUT2D eigenvalue weighted by Gasteiger charge is 2.09. The van der Waals surface area contributed by atoms with Crippen molar-refractivity contribution in [3.8, 4) is 0 Å². The predicted octanol–water partition coefficient (Wildman–Crippen LogP) is 10.7. The van der Waals surface area contributed by atoms with Crippen LogP contribution in [0.2, 0.25) is 0 Å². The third-order valence-corrected chi connectivity index (χ3v) is 9.25. The number of anilines is 4. The molecule has 0 fully saturated rings. The van der Waals surface area contributed by atoms with E-state index < -0.39 is 0 Å². The summed E-state index contributed by atoms with van der Waals surface area (Å²) in [6, 6.07) is 29.4. The van der Waals surface area contributed by atoms with Gasteiger partial charge in [-0.3, -0.25) is 0 Å². The van der Waals surface area contributed by atoms with E-state index in [1.165, 1.54) is 33.9 Å². The molecule has 0 bridgehead atoms. The Labute approximate surface area is 317 Å². The number of rotatable bonds is 10. The third kappa shape index (κ3) is 15.5. The van der Waals surface area contributed by atoms with Gasteiger partial charge in [0.2, 0.25) is 0 Å². The molecule has 0 spiro atoms. The lowest BCUT2D eigenvalue weighted by Crippen LogP contribution is -2.16. The minimum atomic E-state index is 0.837. The number of halogens is 4. The van der Waals surface area contributed by atoms with Crippen LogP contribution in [0.25, 0.3) is 0 Å². The normalized spacial score (nSPS) is 9.70. The van der Waals surface area contributed by atoms with Crippen LogP contribution in [0.1, 0.15) is 11.1 Å². The molecule has 0 radical (unpaired) electrons. The van der Waals surface area contributed by atoms with Crippen LogP contribution in [-0.4, -0.2) is 67.6 Å². The van der Waals surface area contributed by atoms with E-state index >= 15 is 0 Å². The van der Waals surface area contributed by atoms with Crippen LogP contribution in [0.3, 0.4) is 0 Å². The molecule has 0 saturated carbocycles. The van der Waals surface area contributed by atoms with Gasteiger partial charge in [-0.1, -0.05) is 100 Å². The molecule has 0 aromatic heterocycles. The number of aliphatic hydroxyl groups is 1. The minimum absolute atomic E-state index is 0.837. The quantitative estimate of drug-likeness (QED) is 0.160. The molecule has 5 nitrogen and oxygen atoms in total. The molecule has 4 aromatic carbocycles. The van der Waals surface area contributed by atoms with E-state index in [0.717, 1.165) is 44.5 Å². The van der Waals surface area contributed by atoms with Gasteiger partial charge in [-0.25, -0.2) is 0 Å². The molecule has 0 aliphatic rings. The summed E-state index contributed by atoms with van der Waals surface area (Å²) in [7, 11) is 13.3. The van der Waals surface area contributed by atoms with Crippen molar-refractivity contribution < 1.29 is 5.11 Å². The summed E-state index contributed by atoms with van der Waals surface area (Å²) < 4.78 is 4.51. The highest BCUT2D eigenvalue weighted by Crippen LogP contribution is 2.30. The Morgan fingerprint density at radius 3 is 1.28 bits per heavy atom. The van der Waals surface area contributed by atoms with Gasteiger partial charge in [0.05, 0.1) is 0 Å².